The first-order valence-corrected chi connectivity index (χ1v) is 5.17. The second kappa shape index (κ2) is 6.12. The van der Waals surface area contributed by atoms with Gasteiger partial charge < -0.3 is 20.1 Å². The van der Waals surface area contributed by atoms with Gasteiger partial charge in [0, 0.05) is 6.42 Å². The number of aryl methyl sites for hydroxylation is 1. The molecule has 0 bridgehead atoms. The molecule has 0 heterocycles. The molecule has 1 aromatic carbocycles. The number of hydrogen-bond donors (Lipinski definition) is 3. The summed E-state index contributed by atoms with van der Waals surface area (Å²) in [6, 6.07) is 4.71. The Balaban J connectivity index is 3.00. The molecule has 0 fully saturated rings. The third-order valence-electron chi connectivity index (χ3n) is 2.46. The van der Waals surface area contributed by atoms with Crippen molar-refractivity contribution in [1.29, 1.82) is 0 Å². The number of benzene rings is 1. The molecule has 17 heavy (non-hydrogen) atoms. The number of carbonyl (C=O) groups excluding carboxylic acids is 1. The first kappa shape index (κ1) is 13.3. The Labute approximate surface area is 98.3 Å². The van der Waals surface area contributed by atoms with Crippen molar-refractivity contribution in [2.75, 3.05) is 0 Å². The SMILES string of the molecule is O=CCCc1ccc(C(O)C(=O)O)c(CO)c1. The highest BCUT2D eigenvalue weighted by Crippen LogP contribution is 2.20. The normalized spacial score (nSPS) is 12.1. The molecule has 1 atom stereocenters. The Hall–Kier alpha value is -1.72. The van der Waals surface area contributed by atoms with Crippen molar-refractivity contribution in [2.24, 2.45) is 0 Å². The molecule has 0 saturated heterocycles. The highest BCUT2D eigenvalue weighted by molar-refractivity contribution is 5.74. The Morgan fingerprint density at radius 3 is 2.65 bits per heavy atom. The fourth-order valence-electron chi connectivity index (χ4n) is 1.58. The zero-order chi connectivity index (χ0) is 12.8. The van der Waals surface area contributed by atoms with E-state index in [1.54, 1.807) is 12.1 Å². The molecule has 0 spiro atoms. The number of aliphatic carboxylic acids is 1. The largest absolute Gasteiger partial charge is 0.479 e. The summed E-state index contributed by atoms with van der Waals surface area (Å²) in [5.41, 5.74) is 1.36. The minimum absolute atomic E-state index is 0.176. The minimum atomic E-state index is -1.64. The zero-order valence-corrected chi connectivity index (χ0v) is 9.17. The molecular formula is C12H14O5. The molecule has 1 unspecified atom stereocenters. The van der Waals surface area contributed by atoms with E-state index in [9.17, 15) is 14.7 Å². The van der Waals surface area contributed by atoms with Crippen LogP contribution in [0.3, 0.4) is 0 Å². The smallest absolute Gasteiger partial charge is 0.337 e. The third kappa shape index (κ3) is 3.37. The van der Waals surface area contributed by atoms with Crippen LogP contribution in [0.25, 0.3) is 0 Å². The van der Waals surface area contributed by atoms with Crippen LogP contribution in [0, 0.1) is 0 Å². The van der Waals surface area contributed by atoms with Gasteiger partial charge in [0.05, 0.1) is 6.61 Å². The first-order chi connectivity index (χ1) is 8.10. The lowest BCUT2D eigenvalue weighted by molar-refractivity contribution is -0.147. The maximum atomic E-state index is 10.6. The highest BCUT2D eigenvalue weighted by atomic mass is 16.4. The monoisotopic (exact) mass is 238 g/mol. The maximum Gasteiger partial charge on any atom is 0.337 e. The summed E-state index contributed by atoms with van der Waals surface area (Å²) in [6.45, 7) is -0.353. The lowest BCUT2D eigenvalue weighted by Gasteiger charge is -2.12. The van der Waals surface area contributed by atoms with Gasteiger partial charge in [-0.2, -0.15) is 0 Å². The molecule has 1 rings (SSSR count). The van der Waals surface area contributed by atoms with Gasteiger partial charge in [0.2, 0.25) is 0 Å². The van der Waals surface area contributed by atoms with E-state index in [1.165, 1.54) is 6.07 Å². The van der Waals surface area contributed by atoms with Crippen LogP contribution < -0.4 is 0 Å². The van der Waals surface area contributed by atoms with Gasteiger partial charge in [0.25, 0.3) is 0 Å². The fraction of sp³-hybridized carbons (Fsp3) is 0.333. The number of aliphatic hydroxyl groups is 2. The number of carbonyl (C=O) groups is 2. The van der Waals surface area contributed by atoms with E-state index in [1.807, 2.05) is 0 Å². The Bertz CT molecular complexity index is 413. The lowest BCUT2D eigenvalue weighted by Crippen LogP contribution is -2.13. The van der Waals surface area contributed by atoms with Crippen molar-refractivity contribution in [1.82, 2.24) is 0 Å². The maximum absolute atomic E-state index is 10.6. The van der Waals surface area contributed by atoms with E-state index in [0.29, 0.717) is 18.4 Å². The summed E-state index contributed by atoms with van der Waals surface area (Å²) in [7, 11) is 0. The standard InChI is InChI=1S/C12H14O5/c13-5-1-2-8-3-4-10(9(6-8)7-14)11(15)12(16)17/h3-6,11,14-15H,1-2,7H2,(H,16,17). The third-order valence-corrected chi connectivity index (χ3v) is 2.46. The molecule has 0 aliphatic carbocycles. The van der Waals surface area contributed by atoms with Crippen molar-refractivity contribution in [2.45, 2.75) is 25.6 Å². The number of aldehydes is 1. The van der Waals surface area contributed by atoms with Crippen molar-refractivity contribution in [3.05, 3.63) is 34.9 Å². The summed E-state index contributed by atoms with van der Waals surface area (Å²) in [6.07, 6.45) is 0.0434. The van der Waals surface area contributed by atoms with Crippen LogP contribution in [0.4, 0.5) is 0 Å². The number of carboxylic acid groups (broad SMARTS) is 1. The van der Waals surface area contributed by atoms with E-state index in [2.05, 4.69) is 0 Å². The first-order valence-electron chi connectivity index (χ1n) is 5.17. The number of hydrogen-bond acceptors (Lipinski definition) is 4. The number of aliphatic hydroxyl groups excluding tert-OH is 2. The summed E-state index contributed by atoms with van der Waals surface area (Å²) < 4.78 is 0. The van der Waals surface area contributed by atoms with Gasteiger partial charge in [0.1, 0.15) is 6.29 Å². The van der Waals surface area contributed by atoms with Gasteiger partial charge in [-0.3, -0.25) is 0 Å². The average Bonchev–Trinajstić information content (AvgIpc) is 2.34. The van der Waals surface area contributed by atoms with Crippen LogP contribution >= 0.6 is 0 Å². The lowest BCUT2D eigenvalue weighted by atomic mass is 9.98. The van der Waals surface area contributed by atoms with Gasteiger partial charge >= 0.3 is 5.97 Å². The predicted molar refractivity (Wildman–Crippen MR) is 59.3 cm³/mol. The van der Waals surface area contributed by atoms with Gasteiger partial charge in [-0.15, -0.1) is 0 Å². The quantitative estimate of drug-likeness (QED) is 0.625. The summed E-state index contributed by atoms with van der Waals surface area (Å²) in [4.78, 5) is 20.9. The van der Waals surface area contributed by atoms with Crippen molar-refractivity contribution >= 4 is 12.3 Å². The Morgan fingerprint density at radius 1 is 1.41 bits per heavy atom. The molecule has 5 nitrogen and oxygen atoms in total. The van der Waals surface area contributed by atoms with E-state index in [0.717, 1.165) is 11.8 Å². The van der Waals surface area contributed by atoms with Crippen LogP contribution in [-0.2, 0) is 22.6 Å². The highest BCUT2D eigenvalue weighted by Gasteiger charge is 2.19. The van der Waals surface area contributed by atoms with Crippen LogP contribution in [0.15, 0.2) is 18.2 Å². The topological polar surface area (TPSA) is 94.8 Å². The molecule has 0 aromatic heterocycles. The van der Waals surface area contributed by atoms with Crippen molar-refractivity contribution in [3.8, 4) is 0 Å². The molecule has 0 amide bonds. The van der Waals surface area contributed by atoms with Crippen LogP contribution in [0.2, 0.25) is 0 Å². The van der Waals surface area contributed by atoms with E-state index in [-0.39, 0.29) is 12.2 Å². The fourth-order valence-corrected chi connectivity index (χ4v) is 1.58. The molecule has 0 saturated carbocycles. The molecule has 1 aromatic rings. The molecule has 3 N–H and O–H groups in total. The van der Waals surface area contributed by atoms with Crippen molar-refractivity contribution in [3.63, 3.8) is 0 Å². The number of carboxylic acids is 1. The minimum Gasteiger partial charge on any atom is -0.479 e. The van der Waals surface area contributed by atoms with Crippen molar-refractivity contribution < 1.29 is 24.9 Å². The molecule has 0 radical (unpaired) electrons. The second-order valence-corrected chi connectivity index (χ2v) is 3.64. The molecular weight excluding hydrogens is 224 g/mol. The van der Waals surface area contributed by atoms with Crippen LogP contribution in [0.1, 0.15) is 29.2 Å². The van der Waals surface area contributed by atoms with Crippen LogP contribution in [-0.4, -0.2) is 27.6 Å². The molecule has 0 aliphatic heterocycles. The second-order valence-electron chi connectivity index (χ2n) is 3.64. The van der Waals surface area contributed by atoms with E-state index >= 15 is 0 Å². The van der Waals surface area contributed by atoms with Gasteiger partial charge in [-0.05, 0) is 23.1 Å². The zero-order valence-electron chi connectivity index (χ0n) is 9.17. The molecule has 92 valence electrons. The van der Waals surface area contributed by atoms with E-state index < -0.39 is 12.1 Å². The van der Waals surface area contributed by atoms with Gasteiger partial charge in [-0.1, -0.05) is 18.2 Å². The van der Waals surface area contributed by atoms with Crippen LogP contribution in [0.5, 0.6) is 0 Å². The van der Waals surface area contributed by atoms with E-state index in [4.69, 9.17) is 10.2 Å². The number of rotatable bonds is 6. The summed E-state index contributed by atoms with van der Waals surface area (Å²) in [5.74, 6) is -1.36. The molecule has 5 heteroatoms. The Kier molecular flexibility index (Phi) is 4.81. The average molecular weight is 238 g/mol. The molecule has 0 aliphatic rings. The Morgan fingerprint density at radius 2 is 2.12 bits per heavy atom. The summed E-state index contributed by atoms with van der Waals surface area (Å²) >= 11 is 0. The predicted octanol–water partition coefficient (Wildman–Crippen LogP) is 0.428. The van der Waals surface area contributed by atoms with Gasteiger partial charge in [-0.25, -0.2) is 4.79 Å². The summed E-state index contributed by atoms with van der Waals surface area (Å²) in [5, 5.41) is 27.2. The van der Waals surface area contributed by atoms with Gasteiger partial charge in [0.15, 0.2) is 6.10 Å².